The molecule has 1 aromatic rings. The van der Waals surface area contributed by atoms with Crippen molar-refractivity contribution in [2.24, 2.45) is 0 Å². The van der Waals surface area contributed by atoms with Gasteiger partial charge in [0.05, 0.1) is 0 Å². The molecular formula is C16H23ClN2O. The summed E-state index contributed by atoms with van der Waals surface area (Å²) >= 11 is 0. The fourth-order valence-electron chi connectivity index (χ4n) is 3.27. The first kappa shape index (κ1) is 15.3. The number of halogens is 1. The quantitative estimate of drug-likeness (QED) is 0.894. The highest BCUT2D eigenvalue weighted by atomic mass is 35.5. The van der Waals surface area contributed by atoms with Gasteiger partial charge in [-0.1, -0.05) is 24.3 Å². The number of hydrogen-bond donors (Lipinski definition) is 2. The minimum Gasteiger partial charge on any atom is -0.353 e. The van der Waals surface area contributed by atoms with E-state index in [0.717, 1.165) is 25.8 Å². The predicted molar refractivity (Wildman–Crippen MR) is 83.3 cm³/mol. The molecule has 1 amide bonds. The number of carbonyl (C=O) groups excluding carboxylic acids is 1. The second-order valence-electron chi connectivity index (χ2n) is 5.77. The van der Waals surface area contributed by atoms with Crippen LogP contribution in [0.15, 0.2) is 24.3 Å². The number of nitrogens with one attached hydrogen (secondary N) is 2. The Bertz CT molecular complexity index is 433. The highest BCUT2D eigenvalue weighted by molar-refractivity contribution is 5.85. The van der Waals surface area contributed by atoms with Gasteiger partial charge in [0.2, 0.25) is 5.91 Å². The third kappa shape index (κ3) is 3.74. The van der Waals surface area contributed by atoms with E-state index in [1.54, 1.807) is 0 Å². The van der Waals surface area contributed by atoms with Crippen LogP contribution < -0.4 is 10.6 Å². The Kier molecular flexibility index (Phi) is 5.44. The first-order valence-corrected chi connectivity index (χ1v) is 7.41. The van der Waals surface area contributed by atoms with Gasteiger partial charge in [-0.3, -0.25) is 4.79 Å². The summed E-state index contributed by atoms with van der Waals surface area (Å²) in [5.41, 5.74) is 2.79. The zero-order valence-electron chi connectivity index (χ0n) is 11.7. The second kappa shape index (κ2) is 7.09. The average molecular weight is 295 g/mol. The monoisotopic (exact) mass is 294 g/mol. The maximum atomic E-state index is 12.0. The normalized spacial score (nSPS) is 21.3. The highest BCUT2D eigenvalue weighted by Crippen LogP contribution is 2.21. The third-order valence-electron chi connectivity index (χ3n) is 4.30. The van der Waals surface area contributed by atoms with Crippen LogP contribution in [0.4, 0.5) is 0 Å². The van der Waals surface area contributed by atoms with Crippen LogP contribution in [0.3, 0.4) is 0 Å². The Morgan fingerprint density at radius 3 is 2.55 bits per heavy atom. The van der Waals surface area contributed by atoms with Crippen LogP contribution in [0.25, 0.3) is 0 Å². The number of amides is 1. The van der Waals surface area contributed by atoms with Crippen molar-refractivity contribution in [1.29, 1.82) is 0 Å². The van der Waals surface area contributed by atoms with Crippen molar-refractivity contribution < 1.29 is 4.79 Å². The lowest BCUT2D eigenvalue weighted by atomic mass is 10.1. The van der Waals surface area contributed by atoms with Gasteiger partial charge in [-0.25, -0.2) is 0 Å². The minimum absolute atomic E-state index is 0. The summed E-state index contributed by atoms with van der Waals surface area (Å²) in [7, 11) is 0. The van der Waals surface area contributed by atoms with E-state index in [4.69, 9.17) is 0 Å². The summed E-state index contributed by atoms with van der Waals surface area (Å²) in [6.07, 6.45) is 6.09. The van der Waals surface area contributed by atoms with Crippen molar-refractivity contribution in [2.45, 2.75) is 50.6 Å². The summed E-state index contributed by atoms with van der Waals surface area (Å²) in [6, 6.07) is 9.37. The van der Waals surface area contributed by atoms with E-state index in [0.29, 0.717) is 18.5 Å². The molecule has 1 aliphatic carbocycles. The van der Waals surface area contributed by atoms with Crippen LogP contribution in [0.5, 0.6) is 0 Å². The molecule has 4 heteroatoms. The van der Waals surface area contributed by atoms with Crippen molar-refractivity contribution >= 4 is 18.3 Å². The molecule has 0 saturated carbocycles. The van der Waals surface area contributed by atoms with Gasteiger partial charge in [-0.05, 0) is 49.8 Å². The van der Waals surface area contributed by atoms with Gasteiger partial charge >= 0.3 is 0 Å². The number of hydrogen-bond acceptors (Lipinski definition) is 2. The second-order valence-corrected chi connectivity index (χ2v) is 5.77. The van der Waals surface area contributed by atoms with Gasteiger partial charge in [0.25, 0.3) is 0 Å². The molecule has 0 aromatic heterocycles. The molecule has 3 rings (SSSR count). The Hall–Kier alpha value is -1.06. The van der Waals surface area contributed by atoms with Gasteiger partial charge in [-0.15, -0.1) is 12.4 Å². The number of benzene rings is 1. The molecule has 1 saturated heterocycles. The molecule has 1 heterocycles. The van der Waals surface area contributed by atoms with Crippen LogP contribution in [-0.2, 0) is 17.6 Å². The molecule has 2 aliphatic rings. The molecule has 1 fully saturated rings. The summed E-state index contributed by atoms with van der Waals surface area (Å²) in [6.45, 7) is 1.12. The Morgan fingerprint density at radius 2 is 1.95 bits per heavy atom. The lowest BCUT2D eigenvalue weighted by Crippen LogP contribution is -2.36. The topological polar surface area (TPSA) is 41.1 Å². The van der Waals surface area contributed by atoms with Gasteiger partial charge < -0.3 is 10.6 Å². The Balaban J connectivity index is 0.00000147. The first-order chi connectivity index (χ1) is 9.31. The van der Waals surface area contributed by atoms with Crippen molar-refractivity contribution in [3.8, 4) is 0 Å². The van der Waals surface area contributed by atoms with Gasteiger partial charge in [0.15, 0.2) is 0 Å². The van der Waals surface area contributed by atoms with Gasteiger partial charge in [0.1, 0.15) is 0 Å². The highest BCUT2D eigenvalue weighted by Gasteiger charge is 2.22. The molecule has 0 spiro atoms. The predicted octanol–water partition coefficient (Wildman–Crippen LogP) is 2.22. The largest absolute Gasteiger partial charge is 0.353 e. The maximum Gasteiger partial charge on any atom is 0.220 e. The summed E-state index contributed by atoms with van der Waals surface area (Å²) < 4.78 is 0. The molecule has 0 bridgehead atoms. The standard InChI is InChI=1S/C16H22N2O.ClH/c19-16(8-7-14-6-3-9-17-14)18-15-10-12-4-1-2-5-13(12)11-15;/h1-2,4-5,14-15,17H,3,6-11H2,(H,18,19);1H. The van der Waals surface area contributed by atoms with Crippen LogP contribution in [0.2, 0.25) is 0 Å². The molecule has 3 nitrogen and oxygen atoms in total. The molecule has 1 unspecified atom stereocenters. The van der Waals surface area contributed by atoms with Crippen molar-refractivity contribution in [1.82, 2.24) is 10.6 Å². The number of carbonyl (C=O) groups is 1. The zero-order chi connectivity index (χ0) is 13.1. The SMILES string of the molecule is Cl.O=C(CCC1CCCN1)NC1Cc2ccccc2C1. The fraction of sp³-hybridized carbons (Fsp3) is 0.562. The van der Waals surface area contributed by atoms with E-state index in [2.05, 4.69) is 34.9 Å². The molecule has 20 heavy (non-hydrogen) atoms. The fourth-order valence-corrected chi connectivity index (χ4v) is 3.27. The molecule has 1 atom stereocenters. The summed E-state index contributed by atoms with van der Waals surface area (Å²) in [5.74, 6) is 0.214. The van der Waals surface area contributed by atoms with E-state index in [1.165, 1.54) is 24.0 Å². The molecule has 0 radical (unpaired) electrons. The smallest absolute Gasteiger partial charge is 0.220 e. The van der Waals surface area contributed by atoms with E-state index in [-0.39, 0.29) is 18.3 Å². The zero-order valence-corrected chi connectivity index (χ0v) is 12.5. The Morgan fingerprint density at radius 1 is 1.25 bits per heavy atom. The summed E-state index contributed by atoms with van der Waals surface area (Å²) in [5, 5.41) is 6.62. The van der Waals surface area contributed by atoms with E-state index < -0.39 is 0 Å². The molecule has 1 aromatic carbocycles. The third-order valence-corrected chi connectivity index (χ3v) is 4.30. The molecule has 1 aliphatic heterocycles. The maximum absolute atomic E-state index is 12.0. The lowest BCUT2D eigenvalue weighted by molar-refractivity contribution is -0.121. The van der Waals surface area contributed by atoms with Crippen LogP contribution in [-0.4, -0.2) is 24.5 Å². The van der Waals surface area contributed by atoms with Gasteiger partial charge in [0, 0.05) is 18.5 Å². The van der Waals surface area contributed by atoms with E-state index >= 15 is 0 Å². The molecular weight excluding hydrogens is 272 g/mol. The lowest BCUT2D eigenvalue weighted by Gasteiger charge is -2.14. The van der Waals surface area contributed by atoms with Gasteiger partial charge in [-0.2, -0.15) is 0 Å². The van der Waals surface area contributed by atoms with Crippen molar-refractivity contribution in [3.63, 3.8) is 0 Å². The van der Waals surface area contributed by atoms with Crippen LogP contribution in [0.1, 0.15) is 36.8 Å². The first-order valence-electron chi connectivity index (χ1n) is 7.41. The van der Waals surface area contributed by atoms with Crippen LogP contribution >= 0.6 is 12.4 Å². The average Bonchev–Trinajstić information content (AvgIpc) is 3.04. The minimum atomic E-state index is 0. The number of fused-ring (bicyclic) bond motifs is 1. The molecule has 2 N–H and O–H groups in total. The van der Waals surface area contributed by atoms with Crippen LogP contribution in [0, 0.1) is 0 Å². The number of rotatable bonds is 4. The van der Waals surface area contributed by atoms with E-state index in [1.807, 2.05) is 0 Å². The van der Waals surface area contributed by atoms with Crippen molar-refractivity contribution in [3.05, 3.63) is 35.4 Å². The van der Waals surface area contributed by atoms with E-state index in [9.17, 15) is 4.79 Å². The van der Waals surface area contributed by atoms with Crippen molar-refractivity contribution in [2.75, 3.05) is 6.54 Å². The molecule has 110 valence electrons. The Labute approximate surface area is 126 Å². The summed E-state index contributed by atoms with van der Waals surface area (Å²) in [4.78, 5) is 12.0.